The van der Waals surface area contributed by atoms with E-state index in [2.05, 4.69) is 56.8 Å². The Morgan fingerprint density at radius 3 is 2.60 bits per heavy atom. The molecule has 2 aliphatic heterocycles. The van der Waals surface area contributed by atoms with Crippen LogP contribution in [0, 0.1) is 20.8 Å². The Balaban J connectivity index is 1.51. The Kier molecular flexibility index (Phi) is 5.18. The van der Waals surface area contributed by atoms with E-state index in [1.807, 2.05) is 55.7 Å². The molecule has 6 rings (SSSR count). The van der Waals surface area contributed by atoms with Gasteiger partial charge in [-0.1, -0.05) is 12.1 Å². The van der Waals surface area contributed by atoms with Gasteiger partial charge in [-0.25, -0.2) is 4.98 Å². The summed E-state index contributed by atoms with van der Waals surface area (Å²) in [5.41, 5.74) is 6.38. The number of thiocarbonyl (C=S) groups is 1. The third-order valence-electron chi connectivity index (χ3n) is 6.65. The van der Waals surface area contributed by atoms with E-state index < -0.39 is 0 Å². The van der Waals surface area contributed by atoms with Crippen molar-refractivity contribution in [1.82, 2.24) is 19.9 Å². The van der Waals surface area contributed by atoms with Crippen LogP contribution in [0.4, 0.5) is 5.69 Å². The minimum Gasteiger partial charge on any atom is -0.454 e. The summed E-state index contributed by atoms with van der Waals surface area (Å²) in [6.45, 7) is 6.52. The molecule has 3 aromatic heterocycles. The first kappa shape index (κ1) is 21.6. The number of benzene rings is 1. The molecular formula is C27H25N5O2S. The van der Waals surface area contributed by atoms with Gasteiger partial charge in [-0.15, -0.1) is 0 Å². The fraction of sp³-hybridized carbons (Fsp3) is 0.222. The number of fused-ring (bicyclic) bond motifs is 1. The van der Waals surface area contributed by atoms with Crippen molar-refractivity contribution in [2.45, 2.75) is 32.9 Å². The van der Waals surface area contributed by atoms with Crippen molar-refractivity contribution in [2.24, 2.45) is 0 Å². The average Bonchev–Trinajstić information content (AvgIpc) is 3.55. The Morgan fingerprint density at radius 2 is 1.83 bits per heavy atom. The first-order valence-electron chi connectivity index (χ1n) is 11.5. The first-order valence-corrected chi connectivity index (χ1v) is 11.9. The van der Waals surface area contributed by atoms with Gasteiger partial charge in [-0.2, -0.15) is 0 Å². The minimum atomic E-state index is -0.131. The van der Waals surface area contributed by atoms with E-state index in [-0.39, 0.29) is 18.9 Å². The van der Waals surface area contributed by atoms with Crippen LogP contribution >= 0.6 is 12.2 Å². The molecule has 1 N–H and O–H groups in total. The predicted molar refractivity (Wildman–Crippen MR) is 138 cm³/mol. The van der Waals surface area contributed by atoms with E-state index in [4.69, 9.17) is 21.7 Å². The van der Waals surface area contributed by atoms with Crippen molar-refractivity contribution < 1.29 is 9.47 Å². The van der Waals surface area contributed by atoms with Gasteiger partial charge in [0, 0.05) is 35.5 Å². The molecule has 0 unspecified atom stereocenters. The van der Waals surface area contributed by atoms with Crippen molar-refractivity contribution in [3.8, 4) is 17.3 Å². The Bertz CT molecular complexity index is 1420. The fourth-order valence-electron chi connectivity index (χ4n) is 5.02. The molecule has 35 heavy (non-hydrogen) atoms. The molecule has 2 atom stereocenters. The third kappa shape index (κ3) is 3.61. The second-order valence-corrected chi connectivity index (χ2v) is 9.28. The maximum absolute atomic E-state index is 5.89. The highest BCUT2D eigenvalue weighted by Gasteiger charge is 2.42. The zero-order chi connectivity index (χ0) is 24.1. The molecule has 0 radical (unpaired) electrons. The van der Waals surface area contributed by atoms with Crippen LogP contribution < -0.4 is 19.7 Å². The summed E-state index contributed by atoms with van der Waals surface area (Å²) < 4.78 is 13.4. The van der Waals surface area contributed by atoms with Crippen molar-refractivity contribution in [2.75, 3.05) is 11.7 Å². The van der Waals surface area contributed by atoms with Gasteiger partial charge in [0.15, 0.2) is 16.6 Å². The van der Waals surface area contributed by atoms with Crippen molar-refractivity contribution in [1.29, 1.82) is 0 Å². The van der Waals surface area contributed by atoms with Crippen molar-refractivity contribution >= 4 is 23.0 Å². The van der Waals surface area contributed by atoms with E-state index >= 15 is 0 Å². The number of aryl methyl sites for hydroxylation is 2. The Hall–Kier alpha value is -3.91. The Labute approximate surface area is 209 Å². The summed E-state index contributed by atoms with van der Waals surface area (Å²) >= 11 is 5.89. The van der Waals surface area contributed by atoms with E-state index in [0.717, 1.165) is 51.2 Å². The van der Waals surface area contributed by atoms with Crippen LogP contribution in [0.2, 0.25) is 0 Å². The maximum Gasteiger partial charge on any atom is 0.231 e. The molecule has 0 saturated carbocycles. The number of hydrogen-bond donors (Lipinski definition) is 1. The van der Waals surface area contributed by atoms with E-state index in [9.17, 15) is 0 Å². The summed E-state index contributed by atoms with van der Waals surface area (Å²) in [4.78, 5) is 11.5. The normalized spacial score (nSPS) is 18.7. The second kappa shape index (κ2) is 8.39. The number of ether oxygens (including phenoxy) is 2. The highest BCUT2D eigenvalue weighted by Crippen LogP contribution is 2.45. The monoisotopic (exact) mass is 483 g/mol. The maximum atomic E-state index is 5.89. The number of pyridine rings is 2. The summed E-state index contributed by atoms with van der Waals surface area (Å²) in [6.07, 6.45) is 3.72. The molecular weight excluding hydrogens is 458 g/mol. The summed E-state index contributed by atoms with van der Waals surface area (Å²) in [7, 11) is 0. The molecule has 1 fully saturated rings. The van der Waals surface area contributed by atoms with Crippen LogP contribution in [-0.4, -0.2) is 26.4 Å². The number of nitrogens with one attached hydrogen (secondary N) is 1. The van der Waals surface area contributed by atoms with Gasteiger partial charge in [-0.05, 0) is 80.5 Å². The van der Waals surface area contributed by atoms with Gasteiger partial charge < -0.3 is 24.3 Å². The lowest BCUT2D eigenvalue weighted by Crippen LogP contribution is -2.29. The number of rotatable bonds is 4. The molecule has 2 aliphatic rings. The first-order chi connectivity index (χ1) is 17.0. The van der Waals surface area contributed by atoms with Gasteiger partial charge in [0.05, 0.1) is 17.8 Å². The number of anilines is 1. The van der Waals surface area contributed by atoms with Gasteiger partial charge >= 0.3 is 0 Å². The summed E-state index contributed by atoms with van der Waals surface area (Å²) in [6, 6.07) is 18.0. The molecule has 0 aliphatic carbocycles. The topological polar surface area (TPSA) is 64.4 Å². The standard InChI is InChI=1S/C27H25N5O2S/c1-16-7-10-24(29-14-16)31-17(2)12-20(18(31)3)26-25(21-6-4-5-11-28-21)30-27(35)32(26)19-8-9-22-23(13-19)34-15-33-22/h4-14,25-26H,15H2,1-3H3,(H,30,35)/t25-,26+/m1/s1. The number of hydrogen-bond acceptors (Lipinski definition) is 5. The second-order valence-electron chi connectivity index (χ2n) is 8.89. The van der Waals surface area contributed by atoms with Crippen LogP contribution in [0.1, 0.15) is 40.3 Å². The van der Waals surface area contributed by atoms with Gasteiger partial charge in [0.1, 0.15) is 5.82 Å². The largest absolute Gasteiger partial charge is 0.454 e. The summed E-state index contributed by atoms with van der Waals surface area (Å²) in [5, 5.41) is 4.18. The molecule has 0 bridgehead atoms. The highest BCUT2D eigenvalue weighted by molar-refractivity contribution is 7.80. The molecule has 1 saturated heterocycles. The van der Waals surface area contributed by atoms with E-state index in [1.54, 1.807) is 0 Å². The van der Waals surface area contributed by atoms with Gasteiger partial charge in [0.2, 0.25) is 6.79 Å². The molecule has 8 heteroatoms. The minimum absolute atomic E-state index is 0.122. The highest BCUT2D eigenvalue weighted by atomic mass is 32.1. The quantitative estimate of drug-likeness (QED) is 0.405. The lowest BCUT2D eigenvalue weighted by molar-refractivity contribution is 0.174. The molecule has 7 nitrogen and oxygen atoms in total. The zero-order valence-corrected chi connectivity index (χ0v) is 20.5. The van der Waals surface area contributed by atoms with Crippen LogP contribution in [0.15, 0.2) is 67.0 Å². The molecule has 0 amide bonds. The lowest BCUT2D eigenvalue weighted by Gasteiger charge is -2.28. The fourth-order valence-corrected chi connectivity index (χ4v) is 5.36. The van der Waals surface area contributed by atoms with Crippen molar-refractivity contribution in [3.63, 3.8) is 0 Å². The summed E-state index contributed by atoms with van der Waals surface area (Å²) in [5.74, 6) is 2.36. The number of aromatic nitrogens is 3. The van der Waals surface area contributed by atoms with Crippen LogP contribution in [-0.2, 0) is 0 Å². The molecule has 4 aromatic rings. The van der Waals surface area contributed by atoms with E-state index in [0.29, 0.717) is 5.11 Å². The van der Waals surface area contributed by atoms with Crippen LogP contribution in [0.3, 0.4) is 0 Å². The van der Waals surface area contributed by atoms with Gasteiger partial charge in [-0.3, -0.25) is 4.98 Å². The molecule has 0 spiro atoms. The smallest absolute Gasteiger partial charge is 0.231 e. The van der Waals surface area contributed by atoms with Crippen LogP contribution in [0.25, 0.3) is 5.82 Å². The SMILES string of the molecule is Cc1ccc(-n2c(C)cc([C@H]3[C@@H](c4ccccn4)NC(=S)N3c3ccc4c(c3)OCO4)c2C)nc1. The predicted octanol–water partition coefficient (Wildman–Crippen LogP) is 5.10. The zero-order valence-electron chi connectivity index (χ0n) is 19.7. The molecule has 176 valence electrons. The van der Waals surface area contributed by atoms with Crippen molar-refractivity contribution in [3.05, 3.63) is 95.2 Å². The van der Waals surface area contributed by atoms with Crippen LogP contribution in [0.5, 0.6) is 11.5 Å². The Morgan fingerprint density at radius 1 is 0.971 bits per heavy atom. The average molecular weight is 484 g/mol. The molecule has 1 aromatic carbocycles. The van der Waals surface area contributed by atoms with Gasteiger partial charge in [0.25, 0.3) is 0 Å². The third-order valence-corrected chi connectivity index (χ3v) is 6.96. The molecule has 5 heterocycles. The van der Waals surface area contributed by atoms with E-state index in [1.165, 1.54) is 0 Å². The lowest BCUT2D eigenvalue weighted by atomic mass is 9.96. The number of nitrogens with zero attached hydrogens (tertiary/aromatic N) is 4.